The van der Waals surface area contributed by atoms with Crippen LogP contribution in [0.2, 0.25) is 0 Å². The summed E-state index contributed by atoms with van der Waals surface area (Å²) in [6.45, 7) is 11.2. The molecule has 0 saturated heterocycles. The van der Waals surface area contributed by atoms with Crippen molar-refractivity contribution in [2.45, 2.75) is 59.8 Å². The van der Waals surface area contributed by atoms with Gasteiger partial charge in [-0.15, -0.1) is 0 Å². The average molecular weight is 368 g/mol. The van der Waals surface area contributed by atoms with E-state index in [2.05, 4.69) is 0 Å². The zero-order valence-corrected chi connectivity index (χ0v) is 17.0. The maximum Gasteiger partial charge on any atom is 0.307 e. The van der Waals surface area contributed by atoms with Crippen LogP contribution in [0.3, 0.4) is 0 Å². The van der Waals surface area contributed by atoms with Gasteiger partial charge >= 0.3 is 5.97 Å². The fourth-order valence-corrected chi connectivity index (χ4v) is 2.32. The minimum atomic E-state index is -0.722. The highest BCUT2D eigenvalue weighted by molar-refractivity contribution is 7.80. The third-order valence-corrected chi connectivity index (χ3v) is 3.97. The number of thiocarbonyl (C=S) groups is 1. The zero-order valence-electron chi connectivity index (χ0n) is 16.1. The van der Waals surface area contributed by atoms with Gasteiger partial charge in [0.2, 0.25) is 0 Å². The standard InChI is InChI=1S/C19H29NO4S/c1-12-8-9-13(16(25)22-7)14(10-12)23-17(20)19(5,6)11-15(21)24-18(2,3)4/h8-10,17H,11,20H2,1-7H3. The maximum absolute atomic E-state index is 12.1. The average Bonchev–Trinajstić information content (AvgIpc) is 2.43. The molecule has 1 aromatic rings. The molecule has 1 unspecified atom stereocenters. The Labute approximate surface area is 155 Å². The van der Waals surface area contributed by atoms with Crippen molar-refractivity contribution in [3.63, 3.8) is 0 Å². The lowest BCUT2D eigenvalue weighted by Crippen LogP contribution is -2.44. The fraction of sp³-hybridized carbons (Fsp3) is 0.579. The highest BCUT2D eigenvalue weighted by Crippen LogP contribution is 2.30. The molecule has 1 aromatic carbocycles. The summed E-state index contributed by atoms with van der Waals surface area (Å²) in [6, 6.07) is 5.61. The Morgan fingerprint density at radius 1 is 1.24 bits per heavy atom. The summed E-state index contributed by atoms with van der Waals surface area (Å²) in [7, 11) is 1.51. The van der Waals surface area contributed by atoms with E-state index < -0.39 is 17.2 Å². The quantitative estimate of drug-likeness (QED) is 0.469. The molecule has 1 atom stereocenters. The first-order valence-corrected chi connectivity index (χ1v) is 8.59. The highest BCUT2D eigenvalue weighted by atomic mass is 32.1. The SMILES string of the molecule is COC(=S)c1ccc(C)cc1OC(N)C(C)(C)CC(=O)OC(C)(C)C. The molecule has 0 saturated carbocycles. The Kier molecular flexibility index (Phi) is 6.97. The monoisotopic (exact) mass is 367 g/mol. The number of nitrogens with two attached hydrogens (primary N) is 1. The van der Waals surface area contributed by atoms with E-state index in [1.54, 1.807) is 0 Å². The largest absolute Gasteiger partial charge is 0.486 e. The van der Waals surface area contributed by atoms with Crippen LogP contribution in [0.1, 0.15) is 52.2 Å². The van der Waals surface area contributed by atoms with E-state index in [-0.39, 0.29) is 12.4 Å². The Balaban J connectivity index is 2.93. The third kappa shape index (κ3) is 6.63. The molecule has 0 amide bonds. The van der Waals surface area contributed by atoms with E-state index in [0.717, 1.165) is 5.56 Å². The van der Waals surface area contributed by atoms with Crippen molar-refractivity contribution in [3.05, 3.63) is 29.3 Å². The molecule has 0 heterocycles. The number of rotatable bonds is 6. The van der Waals surface area contributed by atoms with Gasteiger partial charge in [0.25, 0.3) is 0 Å². The first-order chi connectivity index (χ1) is 11.4. The van der Waals surface area contributed by atoms with Crippen molar-refractivity contribution >= 4 is 23.2 Å². The van der Waals surface area contributed by atoms with E-state index in [4.69, 9.17) is 32.2 Å². The van der Waals surface area contributed by atoms with Crippen LogP contribution in [0, 0.1) is 12.3 Å². The molecule has 2 N–H and O–H groups in total. The van der Waals surface area contributed by atoms with Gasteiger partial charge in [-0.05, 0) is 57.6 Å². The molecule has 1 rings (SSSR count). The van der Waals surface area contributed by atoms with E-state index in [0.29, 0.717) is 16.4 Å². The molecule has 0 aliphatic rings. The molecular formula is C19H29NO4S. The van der Waals surface area contributed by atoms with E-state index in [9.17, 15) is 4.79 Å². The number of benzene rings is 1. The number of carbonyl (C=O) groups excluding carboxylic acids is 1. The van der Waals surface area contributed by atoms with Crippen molar-refractivity contribution in [3.8, 4) is 5.75 Å². The molecule has 25 heavy (non-hydrogen) atoms. The van der Waals surface area contributed by atoms with Crippen molar-refractivity contribution in [1.82, 2.24) is 0 Å². The lowest BCUT2D eigenvalue weighted by molar-refractivity contribution is -0.158. The van der Waals surface area contributed by atoms with Crippen molar-refractivity contribution in [2.24, 2.45) is 11.1 Å². The Morgan fingerprint density at radius 2 is 1.84 bits per heavy atom. The second-order valence-corrected chi connectivity index (χ2v) is 8.15. The minimum Gasteiger partial charge on any atom is -0.486 e. The van der Waals surface area contributed by atoms with Gasteiger partial charge < -0.3 is 14.2 Å². The molecule has 6 heteroatoms. The van der Waals surface area contributed by atoms with Crippen molar-refractivity contribution < 1.29 is 19.0 Å². The Hall–Kier alpha value is -1.66. The number of methoxy groups -OCH3 is 1. The van der Waals surface area contributed by atoms with Crippen LogP contribution in [0.15, 0.2) is 18.2 Å². The molecule has 5 nitrogen and oxygen atoms in total. The van der Waals surface area contributed by atoms with Crippen LogP contribution < -0.4 is 10.5 Å². The van der Waals surface area contributed by atoms with Gasteiger partial charge in [0.1, 0.15) is 11.4 Å². The summed E-state index contributed by atoms with van der Waals surface area (Å²) in [6.07, 6.45) is -0.582. The van der Waals surface area contributed by atoms with Crippen LogP contribution >= 0.6 is 12.2 Å². The number of hydrogen-bond acceptors (Lipinski definition) is 6. The van der Waals surface area contributed by atoms with Gasteiger partial charge in [0.15, 0.2) is 11.3 Å². The van der Waals surface area contributed by atoms with Crippen LogP contribution in [-0.2, 0) is 14.3 Å². The topological polar surface area (TPSA) is 70.8 Å². The van der Waals surface area contributed by atoms with E-state index in [1.807, 2.05) is 59.7 Å². The second kappa shape index (κ2) is 8.15. The van der Waals surface area contributed by atoms with Crippen LogP contribution in [0.4, 0.5) is 0 Å². The molecular weight excluding hydrogens is 338 g/mol. The number of hydrogen-bond donors (Lipinski definition) is 1. The Bertz CT molecular complexity index is 635. The zero-order chi connectivity index (χ0) is 19.4. The van der Waals surface area contributed by atoms with Crippen molar-refractivity contribution in [2.75, 3.05) is 7.11 Å². The third-order valence-electron chi connectivity index (χ3n) is 3.59. The summed E-state index contributed by atoms with van der Waals surface area (Å²) in [5.74, 6) is 0.227. The maximum atomic E-state index is 12.1. The predicted octanol–water partition coefficient (Wildman–Crippen LogP) is 3.74. The molecule has 140 valence electrons. The summed E-state index contributed by atoms with van der Waals surface area (Å²) in [5, 5.41) is 0.326. The minimum absolute atomic E-state index is 0.140. The molecule has 0 bridgehead atoms. The molecule has 0 aliphatic carbocycles. The number of ether oxygens (including phenoxy) is 3. The predicted molar refractivity (Wildman–Crippen MR) is 103 cm³/mol. The van der Waals surface area contributed by atoms with E-state index in [1.165, 1.54) is 7.11 Å². The first-order valence-electron chi connectivity index (χ1n) is 8.19. The van der Waals surface area contributed by atoms with Gasteiger partial charge in [-0.3, -0.25) is 10.5 Å². The van der Waals surface area contributed by atoms with Gasteiger partial charge in [-0.2, -0.15) is 0 Å². The molecule has 0 spiro atoms. The number of aryl methyl sites for hydroxylation is 1. The van der Waals surface area contributed by atoms with Gasteiger partial charge in [0, 0.05) is 5.41 Å². The summed E-state index contributed by atoms with van der Waals surface area (Å²) in [5.41, 5.74) is 6.75. The number of esters is 1. The van der Waals surface area contributed by atoms with Crippen LogP contribution in [-0.4, -0.2) is 30.0 Å². The Morgan fingerprint density at radius 3 is 2.36 bits per heavy atom. The molecule has 0 radical (unpaired) electrons. The first kappa shape index (κ1) is 21.4. The lowest BCUT2D eigenvalue weighted by atomic mass is 9.87. The van der Waals surface area contributed by atoms with Crippen LogP contribution in [0.5, 0.6) is 5.75 Å². The van der Waals surface area contributed by atoms with Gasteiger partial charge in [-0.25, -0.2) is 0 Å². The van der Waals surface area contributed by atoms with Gasteiger partial charge in [0.05, 0.1) is 19.1 Å². The summed E-state index contributed by atoms with van der Waals surface area (Å²) >= 11 is 5.21. The number of carbonyl (C=O) groups is 1. The second-order valence-electron chi connectivity index (χ2n) is 7.78. The highest BCUT2D eigenvalue weighted by Gasteiger charge is 2.33. The van der Waals surface area contributed by atoms with Gasteiger partial charge in [-0.1, -0.05) is 19.9 Å². The molecule has 0 fully saturated rings. The lowest BCUT2D eigenvalue weighted by Gasteiger charge is -2.32. The molecule has 0 aliphatic heterocycles. The molecule has 0 aromatic heterocycles. The van der Waals surface area contributed by atoms with Crippen LogP contribution in [0.25, 0.3) is 0 Å². The van der Waals surface area contributed by atoms with Crippen molar-refractivity contribution in [1.29, 1.82) is 0 Å². The fourth-order valence-electron chi connectivity index (χ4n) is 2.15. The summed E-state index contributed by atoms with van der Waals surface area (Å²) < 4.78 is 16.5. The van der Waals surface area contributed by atoms with E-state index >= 15 is 0 Å². The summed E-state index contributed by atoms with van der Waals surface area (Å²) in [4.78, 5) is 12.1. The normalized spacial score (nSPS) is 13.1. The smallest absolute Gasteiger partial charge is 0.307 e.